The van der Waals surface area contributed by atoms with E-state index < -0.39 is 0 Å². The fourth-order valence-corrected chi connectivity index (χ4v) is 2.07. The van der Waals surface area contributed by atoms with Gasteiger partial charge in [0.05, 0.1) is 0 Å². The van der Waals surface area contributed by atoms with E-state index in [-0.39, 0.29) is 0 Å². The van der Waals surface area contributed by atoms with Crippen LogP contribution in [0.2, 0.25) is 0 Å². The minimum Gasteiger partial charge on any atom is -0.439 e. The monoisotopic (exact) mass is 256 g/mol. The van der Waals surface area contributed by atoms with E-state index in [0.29, 0.717) is 18.3 Å². The Bertz CT molecular complexity index is 547. The van der Waals surface area contributed by atoms with Gasteiger partial charge in [-0.15, -0.1) is 0 Å². The lowest BCUT2D eigenvalue weighted by Crippen LogP contribution is -1.97. The Morgan fingerprint density at radius 2 is 2.00 bits per heavy atom. The molecular formula is C16H20N2O. The van der Waals surface area contributed by atoms with E-state index in [1.807, 2.05) is 24.3 Å². The smallest absolute Gasteiger partial charge is 0.219 e. The Morgan fingerprint density at radius 1 is 1.21 bits per heavy atom. The molecule has 0 aliphatic rings. The Balaban J connectivity index is 2.16. The summed E-state index contributed by atoms with van der Waals surface area (Å²) >= 11 is 0. The van der Waals surface area contributed by atoms with Crippen LogP contribution in [0.5, 0.6) is 11.6 Å². The first-order valence-electron chi connectivity index (χ1n) is 6.53. The molecule has 0 amide bonds. The van der Waals surface area contributed by atoms with Gasteiger partial charge in [-0.3, -0.25) is 0 Å². The lowest BCUT2D eigenvalue weighted by Gasteiger charge is -2.12. The third-order valence-corrected chi connectivity index (χ3v) is 3.12. The van der Waals surface area contributed by atoms with Crippen LogP contribution in [0.4, 0.5) is 0 Å². The van der Waals surface area contributed by atoms with E-state index >= 15 is 0 Å². The molecule has 1 aromatic heterocycles. The molecule has 3 nitrogen and oxygen atoms in total. The molecule has 2 N–H and O–H groups in total. The van der Waals surface area contributed by atoms with E-state index in [2.05, 4.69) is 31.8 Å². The number of rotatable bonds is 4. The summed E-state index contributed by atoms with van der Waals surface area (Å²) in [5, 5.41) is 0. The summed E-state index contributed by atoms with van der Waals surface area (Å²) in [5.41, 5.74) is 9.12. The average molecular weight is 256 g/mol. The van der Waals surface area contributed by atoms with Gasteiger partial charge in [0, 0.05) is 18.8 Å². The fraction of sp³-hybridized carbons (Fsp3) is 0.312. The predicted octanol–water partition coefficient (Wildman–Crippen LogP) is 3.76. The number of ether oxygens (including phenoxy) is 1. The number of aryl methyl sites for hydroxylation is 1. The van der Waals surface area contributed by atoms with E-state index in [9.17, 15) is 0 Å². The number of pyridine rings is 1. The molecule has 2 aromatic rings. The van der Waals surface area contributed by atoms with E-state index in [1.54, 1.807) is 6.20 Å². The van der Waals surface area contributed by atoms with Crippen LogP contribution < -0.4 is 10.5 Å². The van der Waals surface area contributed by atoms with Crippen LogP contribution in [-0.4, -0.2) is 4.98 Å². The molecule has 0 saturated carbocycles. The van der Waals surface area contributed by atoms with Crippen molar-refractivity contribution >= 4 is 0 Å². The molecule has 0 unspecified atom stereocenters. The van der Waals surface area contributed by atoms with Crippen LogP contribution in [0.1, 0.15) is 36.5 Å². The topological polar surface area (TPSA) is 48.1 Å². The van der Waals surface area contributed by atoms with Crippen molar-refractivity contribution in [3.05, 3.63) is 53.2 Å². The van der Waals surface area contributed by atoms with E-state index in [0.717, 1.165) is 11.3 Å². The van der Waals surface area contributed by atoms with E-state index in [4.69, 9.17) is 10.5 Å². The van der Waals surface area contributed by atoms with Crippen molar-refractivity contribution < 1.29 is 4.74 Å². The molecule has 3 heteroatoms. The third-order valence-electron chi connectivity index (χ3n) is 3.12. The molecule has 100 valence electrons. The number of nitrogens with zero attached hydrogens (tertiary/aromatic N) is 1. The summed E-state index contributed by atoms with van der Waals surface area (Å²) in [5.74, 6) is 1.93. The average Bonchev–Trinajstić information content (AvgIpc) is 2.39. The Labute approximate surface area is 114 Å². The molecule has 19 heavy (non-hydrogen) atoms. The zero-order valence-electron chi connectivity index (χ0n) is 11.7. The highest BCUT2D eigenvalue weighted by atomic mass is 16.5. The molecule has 0 spiro atoms. The maximum Gasteiger partial charge on any atom is 0.219 e. The van der Waals surface area contributed by atoms with Gasteiger partial charge in [-0.1, -0.05) is 26.0 Å². The van der Waals surface area contributed by atoms with Crippen molar-refractivity contribution in [3.63, 3.8) is 0 Å². The van der Waals surface area contributed by atoms with Gasteiger partial charge in [0.15, 0.2) is 0 Å². The van der Waals surface area contributed by atoms with Crippen LogP contribution in [-0.2, 0) is 6.54 Å². The van der Waals surface area contributed by atoms with Gasteiger partial charge >= 0.3 is 0 Å². The second-order valence-electron chi connectivity index (χ2n) is 4.98. The van der Waals surface area contributed by atoms with Gasteiger partial charge < -0.3 is 10.5 Å². The SMILES string of the molecule is Cc1cc(Oc2ccc(CN)cn2)ccc1C(C)C. The number of aromatic nitrogens is 1. The van der Waals surface area contributed by atoms with Crippen LogP contribution in [0.3, 0.4) is 0 Å². The molecule has 0 radical (unpaired) electrons. The summed E-state index contributed by atoms with van der Waals surface area (Å²) in [4.78, 5) is 4.23. The Kier molecular flexibility index (Phi) is 4.17. The highest BCUT2D eigenvalue weighted by Crippen LogP contribution is 2.26. The van der Waals surface area contributed by atoms with Crippen LogP contribution in [0, 0.1) is 6.92 Å². The van der Waals surface area contributed by atoms with Crippen molar-refractivity contribution in [2.45, 2.75) is 33.2 Å². The summed E-state index contributed by atoms with van der Waals surface area (Å²) in [6, 6.07) is 9.92. The first-order valence-corrected chi connectivity index (χ1v) is 6.53. The van der Waals surface area contributed by atoms with Crippen LogP contribution in [0.15, 0.2) is 36.5 Å². The molecule has 2 rings (SSSR count). The number of benzene rings is 1. The van der Waals surface area contributed by atoms with Crippen LogP contribution >= 0.6 is 0 Å². The molecule has 0 bridgehead atoms. The molecule has 0 aliphatic carbocycles. The Morgan fingerprint density at radius 3 is 2.53 bits per heavy atom. The van der Waals surface area contributed by atoms with Crippen molar-refractivity contribution in [2.75, 3.05) is 0 Å². The molecule has 0 saturated heterocycles. The Hall–Kier alpha value is -1.87. The van der Waals surface area contributed by atoms with Crippen molar-refractivity contribution in [2.24, 2.45) is 5.73 Å². The highest BCUT2D eigenvalue weighted by molar-refractivity contribution is 5.38. The summed E-state index contributed by atoms with van der Waals surface area (Å²) in [7, 11) is 0. The predicted molar refractivity (Wildman–Crippen MR) is 77.5 cm³/mol. The lowest BCUT2D eigenvalue weighted by molar-refractivity contribution is 0.462. The summed E-state index contributed by atoms with van der Waals surface area (Å²) < 4.78 is 5.74. The fourth-order valence-electron chi connectivity index (χ4n) is 2.07. The van der Waals surface area contributed by atoms with Crippen molar-refractivity contribution in [3.8, 4) is 11.6 Å². The van der Waals surface area contributed by atoms with Crippen LogP contribution in [0.25, 0.3) is 0 Å². The third kappa shape index (κ3) is 3.32. The zero-order valence-corrected chi connectivity index (χ0v) is 11.7. The molecule has 0 aliphatic heterocycles. The second-order valence-corrected chi connectivity index (χ2v) is 4.98. The van der Waals surface area contributed by atoms with Crippen molar-refractivity contribution in [1.29, 1.82) is 0 Å². The maximum absolute atomic E-state index is 5.74. The standard InChI is InChI=1S/C16H20N2O/c1-11(2)15-6-5-14(8-12(15)3)19-16-7-4-13(9-17)10-18-16/h4-8,10-11H,9,17H2,1-3H3. The van der Waals surface area contributed by atoms with Gasteiger partial charge in [-0.2, -0.15) is 0 Å². The lowest BCUT2D eigenvalue weighted by atomic mass is 9.98. The molecular weight excluding hydrogens is 236 g/mol. The van der Waals surface area contributed by atoms with E-state index in [1.165, 1.54) is 11.1 Å². The first-order chi connectivity index (χ1) is 9.10. The number of hydrogen-bond donors (Lipinski definition) is 1. The molecule has 1 heterocycles. The molecule has 0 atom stereocenters. The van der Waals surface area contributed by atoms with Gasteiger partial charge in [0.1, 0.15) is 5.75 Å². The van der Waals surface area contributed by atoms with Crippen molar-refractivity contribution in [1.82, 2.24) is 4.98 Å². The molecule has 1 aromatic carbocycles. The maximum atomic E-state index is 5.74. The van der Waals surface area contributed by atoms with Gasteiger partial charge in [-0.25, -0.2) is 4.98 Å². The highest BCUT2D eigenvalue weighted by Gasteiger charge is 2.05. The van der Waals surface area contributed by atoms with Gasteiger partial charge in [-0.05, 0) is 41.7 Å². The zero-order chi connectivity index (χ0) is 13.8. The van der Waals surface area contributed by atoms with Gasteiger partial charge in [0.2, 0.25) is 5.88 Å². The number of hydrogen-bond acceptors (Lipinski definition) is 3. The largest absolute Gasteiger partial charge is 0.439 e. The van der Waals surface area contributed by atoms with Gasteiger partial charge in [0.25, 0.3) is 0 Å². The quantitative estimate of drug-likeness (QED) is 0.906. The first kappa shape index (κ1) is 13.6. The number of nitrogens with two attached hydrogens (primary N) is 1. The summed E-state index contributed by atoms with van der Waals surface area (Å²) in [6.45, 7) is 6.98. The second kappa shape index (κ2) is 5.85. The molecule has 0 fully saturated rings. The minimum absolute atomic E-state index is 0.496. The summed E-state index contributed by atoms with van der Waals surface area (Å²) in [6.07, 6.45) is 1.74. The minimum atomic E-state index is 0.496. The normalized spacial score (nSPS) is 10.8.